The van der Waals surface area contributed by atoms with E-state index in [9.17, 15) is 9.59 Å². The molecule has 2 rings (SSSR count). The topological polar surface area (TPSA) is 76.1 Å². The van der Waals surface area contributed by atoms with Crippen LogP contribution in [-0.4, -0.2) is 54.3 Å². The molecule has 0 radical (unpaired) electrons. The number of benzene rings is 1. The number of halogens is 1. The van der Waals surface area contributed by atoms with Gasteiger partial charge in [0.25, 0.3) is 0 Å². The van der Waals surface area contributed by atoms with E-state index in [0.717, 1.165) is 0 Å². The highest BCUT2D eigenvalue weighted by molar-refractivity contribution is 6.30. The maximum Gasteiger partial charge on any atom is 0.328 e. The summed E-state index contributed by atoms with van der Waals surface area (Å²) in [7, 11) is 0. The molecule has 114 valence electrons. The quantitative estimate of drug-likeness (QED) is 0.889. The van der Waals surface area contributed by atoms with Crippen LogP contribution >= 0.6 is 11.6 Å². The Labute approximate surface area is 127 Å². The molecule has 1 saturated heterocycles. The molecule has 0 aromatic heterocycles. The fourth-order valence-corrected chi connectivity index (χ4v) is 2.24. The van der Waals surface area contributed by atoms with Crippen LogP contribution in [0, 0.1) is 0 Å². The Morgan fingerprint density at radius 2 is 2.29 bits per heavy atom. The first-order valence-electron chi connectivity index (χ1n) is 6.56. The lowest BCUT2D eigenvalue weighted by molar-refractivity contribution is -0.158. The van der Waals surface area contributed by atoms with Crippen LogP contribution < -0.4 is 4.74 Å². The van der Waals surface area contributed by atoms with Crippen molar-refractivity contribution in [2.45, 2.75) is 12.5 Å². The van der Waals surface area contributed by atoms with Crippen LogP contribution in [0.5, 0.6) is 5.75 Å². The zero-order valence-electron chi connectivity index (χ0n) is 11.3. The molecular weight excluding hydrogens is 298 g/mol. The molecule has 1 aromatic rings. The second kappa shape index (κ2) is 7.28. The van der Waals surface area contributed by atoms with Gasteiger partial charge in [-0.1, -0.05) is 17.7 Å². The van der Waals surface area contributed by atoms with Crippen molar-refractivity contribution in [3.8, 4) is 5.75 Å². The van der Waals surface area contributed by atoms with E-state index in [-0.39, 0.29) is 32.1 Å². The summed E-state index contributed by atoms with van der Waals surface area (Å²) in [5.41, 5.74) is 0. The number of aliphatic carboxylic acids is 1. The number of carboxylic acids is 1. The average molecular weight is 314 g/mol. The maximum absolute atomic E-state index is 12.1. The SMILES string of the molecule is O=C(O)C1COCCN1C(=O)CCOc1cccc(Cl)c1. The first-order valence-corrected chi connectivity index (χ1v) is 6.94. The first-order chi connectivity index (χ1) is 10.1. The molecule has 6 nitrogen and oxygen atoms in total. The minimum absolute atomic E-state index is 0.0240. The van der Waals surface area contributed by atoms with Crippen LogP contribution in [0.4, 0.5) is 0 Å². The zero-order valence-corrected chi connectivity index (χ0v) is 12.1. The maximum atomic E-state index is 12.1. The van der Waals surface area contributed by atoms with Crippen molar-refractivity contribution < 1.29 is 24.2 Å². The summed E-state index contributed by atoms with van der Waals surface area (Å²) >= 11 is 5.83. The molecule has 1 N–H and O–H groups in total. The van der Waals surface area contributed by atoms with Crippen LogP contribution in [-0.2, 0) is 14.3 Å². The van der Waals surface area contributed by atoms with Crippen LogP contribution in [0.3, 0.4) is 0 Å². The third-order valence-electron chi connectivity index (χ3n) is 3.11. The van der Waals surface area contributed by atoms with E-state index in [2.05, 4.69) is 0 Å². The van der Waals surface area contributed by atoms with Gasteiger partial charge in [0.15, 0.2) is 6.04 Å². The van der Waals surface area contributed by atoms with Crippen LogP contribution in [0.1, 0.15) is 6.42 Å². The van der Waals surface area contributed by atoms with E-state index in [0.29, 0.717) is 17.4 Å². The summed E-state index contributed by atoms with van der Waals surface area (Å²) in [6.45, 7) is 0.830. The standard InChI is InChI=1S/C14H16ClNO5/c15-10-2-1-3-11(8-10)21-6-4-13(17)16-5-7-20-9-12(16)14(18)19/h1-3,8,12H,4-7,9H2,(H,18,19). The summed E-state index contributed by atoms with van der Waals surface area (Å²) in [5.74, 6) is -0.737. The number of carbonyl (C=O) groups is 2. The van der Waals surface area contributed by atoms with Crippen LogP contribution in [0.15, 0.2) is 24.3 Å². The van der Waals surface area contributed by atoms with Gasteiger partial charge in [0.05, 0.1) is 26.2 Å². The predicted octanol–water partition coefficient (Wildman–Crippen LogP) is 1.42. The van der Waals surface area contributed by atoms with E-state index in [1.807, 2.05) is 0 Å². The molecule has 1 fully saturated rings. The normalized spacial score (nSPS) is 18.3. The molecule has 1 heterocycles. The number of rotatable bonds is 5. The number of morpholine rings is 1. The van der Waals surface area contributed by atoms with Crippen molar-refractivity contribution in [3.05, 3.63) is 29.3 Å². The van der Waals surface area contributed by atoms with Gasteiger partial charge in [0, 0.05) is 11.6 Å². The Bertz CT molecular complexity index is 522. The fraction of sp³-hybridized carbons (Fsp3) is 0.429. The van der Waals surface area contributed by atoms with Crippen molar-refractivity contribution in [2.75, 3.05) is 26.4 Å². The van der Waals surface area contributed by atoms with E-state index < -0.39 is 12.0 Å². The van der Waals surface area contributed by atoms with Gasteiger partial charge in [0.2, 0.25) is 5.91 Å². The van der Waals surface area contributed by atoms with E-state index in [1.165, 1.54) is 4.90 Å². The number of hydrogen-bond donors (Lipinski definition) is 1. The second-order valence-electron chi connectivity index (χ2n) is 4.57. The smallest absolute Gasteiger partial charge is 0.328 e. The van der Waals surface area contributed by atoms with Gasteiger partial charge < -0.3 is 19.5 Å². The van der Waals surface area contributed by atoms with Gasteiger partial charge in [-0.25, -0.2) is 4.79 Å². The fourth-order valence-electron chi connectivity index (χ4n) is 2.06. The van der Waals surface area contributed by atoms with E-state index in [1.54, 1.807) is 24.3 Å². The summed E-state index contributed by atoms with van der Waals surface area (Å²) < 4.78 is 10.5. The Balaban J connectivity index is 1.84. The summed E-state index contributed by atoms with van der Waals surface area (Å²) in [6.07, 6.45) is 0.107. The third-order valence-corrected chi connectivity index (χ3v) is 3.35. The lowest BCUT2D eigenvalue weighted by Gasteiger charge is -2.32. The number of carboxylic acid groups (broad SMARTS) is 1. The first kappa shape index (κ1) is 15.6. The van der Waals surface area contributed by atoms with Crippen molar-refractivity contribution >= 4 is 23.5 Å². The van der Waals surface area contributed by atoms with Gasteiger partial charge in [-0.05, 0) is 18.2 Å². The van der Waals surface area contributed by atoms with Crippen LogP contribution in [0.25, 0.3) is 0 Å². The molecule has 7 heteroatoms. The Morgan fingerprint density at radius 1 is 1.48 bits per heavy atom. The number of hydrogen-bond acceptors (Lipinski definition) is 4. The van der Waals surface area contributed by atoms with Crippen molar-refractivity contribution in [1.82, 2.24) is 4.90 Å². The van der Waals surface area contributed by atoms with E-state index >= 15 is 0 Å². The largest absolute Gasteiger partial charge is 0.493 e. The molecule has 0 spiro atoms. The summed E-state index contributed by atoms with van der Waals surface area (Å²) in [6, 6.07) is 5.95. The monoisotopic (exact) mass is 313 g/mol. The number of nitrogens with zero attached hydrogens (tertiary/aromatic N) is 1. The molecular formula is C14H16ClNO5. The molecule has 21 heavy (non-hydrogen) atoms. The lowest BCUT2D eigenvalue weighted by atomic mass is 10.2. The van der Waals surface area contributed by atoms with Gasteiger partial charge in [-0.2, -0.15) is 0 Å². The molecule has 1 aromatic carbocycles. The highest BCUT2D eigenvalue weighted by atomic mass is 35.5. The zero-order chi connectivity index (χ0) is 15.2. The average Bonchev–Trinajstić information content (AvgIpc) is 2.47. The second-order valence-corrected chi connectivity index (χ2v) is 5.01. The highest BCUT2D eigenvalue weighted by Gasteiger charge is 2.32. The molecule has 1 aliphatic rings. The molecule has 1 unspecified atom stereocenters. The van der Waals surface area contributed by atoms with Crippen molar-refractivity contribution in [1.29, 1.82) is 0 Å². The number of ether oxygens (including phenoxy) is 2. The Morgan fingerprint density at radius 3 is 3.00 bits per heavy atom. The molecule has 0 saturated carbocycles. The predicted molar refractivity (Wildman–Crippen MR) is 75.5 cm³/mol. The Kier molecular flexibility index (Phi) is 5.41. The van der Waals surface area contributed by atoms with Crippen molar-refractivity contribution in [3.63, 3.8) is 0 Å². The van der Waals surface area contributed by atoms with E-state index in [4.69, 9.17) is 26.2 Å². The third kappa shape index (κ3) is 4.34. The van der Waals surface area contributed by atoms with Crippen molar-refractivity contribution in [2.24, 2.45) is 0 Å². The minimum atomic E-state index is -1.06. The molecule has 0 aliphatic carbocycles. The van der Waals surface area contributed by atoms with Crippen LogP contribution in [0.2, 0.25) is 5.02 Å². The van der Waals surface area contributed by atoms with Gasteiger partial charge in [0.1, 0.15) is 5.75 Å². The summed E-state index contributed by atoms with van der Waals surface area (Å²) in [5, 5.41) is 9.63. The summed E-state index contributed by atoms with van der Waals surface area (Å²) in [4.78, 5) is 24.5. The Hall–Kier alpha value is -1.79. The lowest BCUT2D eigenvalue weighted by Crippen LogP contribution is -2.52. The number of carbonyl (C=O) groups excluding carboxylic acids is 1. The number of amides is 1. The molecule has 0 bridgehead atoms. The minimum Gasteiger partial charge on any atom is -0.493 e. The molecule has 1 amide bonds. The van der Waals surface area contributed by atoms with Gasteiger partial charge in [-0.3, -0.25) is 4.79 Å². The van der Waals surface area contributed by atoms with Gasteiger partial charge in [-0.15, -0.1) is 0 Å². The molecule has 1 aliphatic heterocycles. The van der Waals surface area contributed by atoms with Gasteiger partial charge >= 0.3 is 5.97 Å². The molecule has 1 atom stereocenters. The highest BCUT2D eigenvalue weighted by Crippen LogP contribution is 2.17.